The Morgan fingerprint density at radius 2 is 1.89 bits per heavy atom. The van der Waals surface area contributed by atoms with E-state index in [-0.39, 0.29) is 24.0 Å². The van der Waals surface area contributed by atoms with E-state index in [0.717, 1.165) is 10.9 Å². The molecular weight excluding hydrogens is 259 g/mol. The fourth-order valence-corrected chi connectivity index (χ4v) is 11.4. The SMILES string of the molecule is C[S+]1CC[Si](C)(C)C1.[I-]. The molecule has 0 bridgehead atoms. The molecule has 1 unspecified atom stereocenters. The molecule has 3 heteroatoms. The van der Waals surface area contributed by atoms with Crippen LogP contribution in [0.15, 0.2) is 0 Å². The highest BCUT2D eigenvalue weighted by atomic mass is 127. The normalized spacial score (nSPS) is 31.7. The third-order valence-corrected chi connectivity index (χ3v) is 9.73. The highest BCUT2D eigenvalue weighted by Crippen LogP contribution is 2.21. The Balaban J connectivity index is 0.000000640. The molecule has 1 aliphatic rings. The first kappa shape index (κ1) is 10.3. The number of hydrogen-bond acceptors (Lipinski definition) is 0. The number of hydrogen-bond donors (Lipinski definition) is 0. The van der Waals surface area contributed by atoms with Crippen LogP contribution in [0.5, 0.6) is 0 Å². The number of halogens is 1. The Morgan fingerprint density at radius 1 is 1.33 bits per heavy atom. The van der Waals surface area contributed by atoms with Gasteiger partial charge in [0.15, 0.2) is 0 Å². The monoisotopic (exact) mass is 274 g/mol. The van der Waals surface area contributed by atoms with E-state index in [4.69, 9.17) is 0 Å². The lowest BCUT2D eigenvalue weighted by molar-refractivity contribution is -0.00000204. The van der Waals surface area contributed by atoms with Gasteiger partial charge in [-0.15, -0.1) is 0 Å². The van der Waals surface area contributed by atoms with Crippen molar-refractivity contribution >= 4 is 19.0 Å². The maximum absolute atomic E-state index is 2.52. The molecule has 1 saturated heterocycles. The molecule has 0 aliphatic carbocycles. The van der Waals surface area contributed by atoms with Gasteiger partial charge in [0.25, 0.3) is 0 Å². The summed E-state index contributed by atoms with van der Waals surface area (Å²) in [7, 11) is 0.229. The van der Waals surface area contributed by atoms with E-state index in [1.807, 2.05) is 0 Å². The molecule has 9 heavy (non-hydrogen) atoms. The van der Waals surface area contributed by atoms with Crippen LogP contribution in [0, 0.1) is 0 Å². The van der Waals surface area contributed by atoms with Crippen LogP contribution >= 0.6 is 0 Å². The molecule has 1 fully saturated rings. The second-order valence-corrected chi connectivity index (χ2v) is 11.5. The molecule has 0 amide bonds. The molecule has 0 nitrogen and oxygen atoms in total. The minimum Gasteiger partial charge on any atom is -1.00 e. The lowest BCUT2D eigenvalue weighted by Gasteiger charge is -2.05. The molecule has 1 atom stereocenters. The predicted molar refractivity (Wildman–Crippen MR) is 45.3 cm³/mol. The Bertz CT molecular complexity index is 95.1. The van der Waals surface area contributed by atoms with Crippen LogP contribution < -0.4 is 24.0 Å². The largest absolute Gasteiger partial charge is 1.00 e. The van der Waals surface area contributed by atoms with Gasteiger partial charge in [-0.1, -0.05) is 13.1 Å². The van der Waals surface area contributed by atoms with E-state index in [9.17, 15) is 0 Å². The van der Waals surface area contributed by atoms with Crippen molar-refractivity contribution in [3.63, 3.8) is 0 Å². The van der Waals surface area contributed by atoms with Crippen molar-refractivity contribution in [3.8, 4) is 0 Å². The molecule has 1 rings (SSSR count). The van der Waals surface area contributed by atoms with Crippen molar-refractivity contribution in [2.24, 2.45) is 0 Å². The smallest absolute Gasteiger partial charge is 0.112 e. The van der Waals surface area contributed by atoms with Gasteiger partial charge in [-0.25, -0.2) is 0 Å². The van der Waals surface area contributed by atoms with Gasteiger partial charge in [-0.05, 0) is 16.9 Å². The zero-order chi connectivity index (χ0) is 6.20. The third-order valence-electron chi connectivity index (χ3n) is 1.76. The summed E-state index contributed by atoms with van der Waals surface area (Å²) in [5.74, 6) is 1.54. The quantitative estimate of drug-likeness (QED) is 0.286. The highest BCUT2D eigenvalue weighted by molar-refractivity contribution is 7.98. The maximum atomic E-state index is 2.52. The minimum absolute atomic E-state index is 0. The first-order chi connectivity index (χ1) is 3.60. The molecule has 0 aromatic carbocycles. The van der Waals surface area contributed by atoms with Crippen LogP contribution in [0.25, 0.3) is 0 Å². The molecule has 1 aliphatic heterocycles. The predicted octanol–water partition coefficient (Wildman–Crippen LogP) is -1.50. The highest BCUT2D eigenvalue weighted by Gasteiger charge is 2.37. The average Bonchev–Trinajstić information content (AvgIpc) is 1.82. The Kier molecular flexibility index (Phi) is 4.14. The van der Waals surface area contributed by atoms with Gasteiger partial charge in [0, 0.05) is 0 Å². The fourth-order valence-electron chi connectivity index (χ4n) is 1.26. The van der Waals surface area contributed by atoms with E-state index in [0.29, 0.717) is 0 Å². The Labute approximate surface area is 79.2 Å². The zero-order valence-corrected chi connectivity index (χ0v) is 10.4. The lowest BCUT2D eigenvalue weighted by atomic mass is 11.0. The fraction of sp³-hybridized carbons (Fsp3) is 1.00. The summed E-state index contributed by atoms with van der Waals surface area (Å²) < 4.78 is 0. The van der Waals surface area contributed by atoms with Gasteiger partial charge >= 0.3 is 0 Å². The van der Waals surface area contributed by atoms with Crippen LogP contribution in [0.2, 0.25) is 19.1 Å². The second kappa shape index (κ2) is 3.62. The summed E-state index contributed by atoms with van der Waals surface area (Å²) >= 11 is 0. The van der Waals surface area contributed by atoms with E-state index >= 15 is 0 Å². The van der Waals surface area contributed by atoms with Crippen molar-refractivity contribution in [1.29, 1.82) is 0 Å². The standard InChI is InChI=1S/C6H15SSi.HI/c1-7-4-5-8(2,3)6-7;/h4-6H2,1-3H3;1H/q+1;/p-1. The second-order valence-electron chi connectivity index (χ2n) is 3.54. The van der Waals surface area contributed by atoms with Crippen molar-refractivity contribution in [2.75, 3.05) is 17.4 Å². The van der Waals surface area contributed by atoms with Gasteiger partial charge in [0.2, 0.25) is 0 Å². The molecule has 0 radical (unpaired) electrons. The van der Waals surface area contributed by atoms with E-state index < -0.39 is 8.07 Å². The summed E-state index contributed by atoms with van der Waals surface area (Å²) in [6.07, 6.45) is 2.42. The minimum atomic E-state index is -0.591. The van der Waals surface area contributed by atoms with Crippen molar-refractivity contribution < 1.29 is 24.0 Å². The summed E-state index contributed by atoms with van der Waals surface area (Å²) in [6.45, 7) is 5.03. The van der Waals surface area contributed by atoms with Gasteiger partial charge in [0.1, 0.15) is 13.8 Å². The molecule has 0 aromatic heterocycles. The van der Waals surface area contributed by atoms with Crippen LogP contribution in [-0.2, 0) is 10.9 Å². The summed E-state index contributed by atoms with van der Waals surface area (Å²) in [4.78, 5) is 0. The molecule has 1 heterocycles. The van der Waals surface area contributed by atoms with Crippen LogP contribution in [0.1, 0.15) is 0 Å². The lowest BCUT2D eigenvalue weighted by Crippen LogP contribution is -3.00. The van der Waals surface area contributed by atoms with Crippen molar-refractivity contribution in [2.45, 2.75) is 19.1 Å². The average molecular weight is 274 g/mol. The Hall–Kier alpha value is 1.30. The first-order valence-corrected chi connectivity index (χ1v) is 8.58. The molecule has 0 N–H and O–H groups in total. The van der Waals surface area contributed by atoms with Crippen molar-refractivity contribution in [1.82, 2.24) is 0 Å². The van der Waals surface area contributed by atoms with E-state index in [2.05, 4.69) is 19.3 Å². The molecule has 0 spiro atoms. The topological polar surface area (TPSA) is 0 Å². The van der Waals surface area contributed by atoms with E-state index in [1.165, 1.54) is 0 Å². The maximum Gasteiger partial charge on any atom is 0.112 e. The Morgan fingerprint density at radius 3 is 2.00 bits per heavy atom. The summed E-state index contributed by atoms with van der Waals surface area (Å²) in [5.41, 5.74) is 0. The van der Waals surface area contributed by atoms with Crippen LogP contribution in [0.3, 0.4) is 0 Å². The molecule has 0 saturated carbocycles. The van der Waals surface area contributed by atoms with Gasteiger partial charge < -0.3 is 24.0 Å². The van der Waals surface area contributed by atoms with Crippen LogP contribution in [-0.4, -0.2) is 25.5 Å². The first-order valence-electron chi connectivity index (χ1n) is 3.19. The van der Waals surface area contributed by atoms with Gasteiger partial charge in [0.05, 0.1) is 11.6 Å². The van der Waals surface area contributed by atoms with Crippen LogP contribution in [0.4, 0.5) is 0 Å². The zero-order valence-electron chi connectivity index (χ0n) is 6.41. The molecule has 56 valence electrons. The third kappa shape index (κ3) is 3.27. The number of rotatable bonds is 0. The van der Waals surface area contributed by atoms with Gasteiger partial charge in [-0.3, -0.25) is 0 Å². The van der Waals surface area contributed by atoms with Gasteiger partial charge in [-0.2, -0.15) is 0 Å². The summed E-state index contributed by atoms with van der Waals surface area (Å²) in [6, 6.07) is 1.59. The molecule has 0 aromatic rings. The van der Waals surface area contributed by atoms with E-state index in [1.54, 1.807) is 17.2 Å². The van der Waals surface area contributed by atoms with Crippen molar-refractivity contribution in [3.05, 3.63) is 0 Å². The molecular formula is C6H15ISSi. The summed E-state index contributed by atoms with van der Waals surface area (Å²) in [5, 5.41) is 1.60.